The number of nitriles is 1. The minimum atomic E-state index is -0.257. The van der Waals surface area contributed by atoms with Crippen LogP contribution in [0.1, 0.15) is 21.5 Å². The van der Waals surface area contributed by atoms with Crippen LogP contribution in [-0.2, 0) is 0 Å². The monoisotopic (exact) mass is 294 g/mol. The molecule has 1 amide bonds. The maximum absolute atomic E-state index is 11.9. The van der Waals surface area contributed by atoms with Crippen LogP contribution in [0.15, 0.2) is 48.5 Å². The number of carbonyl (C=O) groups excluding carboxylic acids is 1. The number of nitrogens with zero attached hydrogens (tertiary/aromatic N) is 1. The molecule has 21 heavy (non-hydrogen) atoms. The van der Waals surface area contributed by atoms with Crippen molar-refractivity contribution in [1.82, 2.24) is 5.32 Å². The Bertz CT molecular complexity index is 766. The largest absolute Gasteiger partial charge is 0.341 e. The summed E-state index contributed by atoms with van der Waals surface area (Å²) in [5, 5.41) is 12.1. The van der Waals surface area contributed by atoms with Crippen molar-refractivity contribution in [2.24, 2.45) is 0 Å². The fraction of sp³-hybridized carbons (Fsp3) is 0.0588. The van der Waals surface area contributed by atoms with Crippen LogP contribution in [0.3, 0.4) is 0 Å². The number of nitrogens with one attached hydrogen (secondary N) is 1. The van der Waals surface area contributed by atoms with E-state index in [0.29, 0.717) is 16.1 Å². The topological polar surface area (TPSA) is 52.9 Å². The molecule has 0 aliphatic carbocycles. The van der Waals surface area contributed by atoms with Crippen molar-refractivity contribution in [2.75, 3.05) is 6.54 Å². The van der Waals surface area contributed by atoms with Gasteiger partial charge < -0.3 is 5.32 Å². The third-order valence-electron chi connectivity index (χ3n) is 2.65. The first-order valence-corrected chi connectivity index (χ1v) is 6.59. The zero-order chi connectivity index (χ0) is 15.1. The van der Waals surface area contributed by atoms with Gasteiger partial charge in [0, 0.05) is 16.1 Å². The molecule has 0 aromatic heterocycles. The number of hydrogen-bond acceptors (Lipinski definition) is 2. The quantitative estimate of drug-likeness (QED) is 0.866. The Hall–Kier alpha value is -2.75. The van der Waals surface area contributed by atoms with Gasteiger partial charge in [-0.1, -0.05) is 35.6 Å². The summed E-state index contributed by atoms with van der Waals surface area (Å²) >= 11 is 5.85. The van der Waals surface area contributed by atoms with Crippen LogP contribution in [0.5, 0.6) is 0 Å². The second-order valence-electron chi connectivity index (χ2n) is 4.19. The molecule has 0 aliphatic rings. The molecule has 0 saturated heterocycles. The van der Waals surface area contributed by atoms with Crippen molar-refractivity contribution in [1.29, 1.82) is 5.26 Å². The van der Waals surface area contributed by atoms with Gasteiger partial charge in [0.2, 0.25) is 0 Å². The smallest absolute Gasteiger partial charge is 0.252 e. The van der Waals surface area contributed by atoms with Gasteiger partial charge >= 0.3 is 0 Å². The van der Waals surface area contributed by atoms with E-state index < -0.39 is 0 Å². The summed E-state index contributed by atoms with van der Waals surface area (Å²) in [6.07, 6.45) is 0. The van der Waals surface area contributed by atoms with Gasteiger partial charge in [-0.05, 0) is 36.4 Å². The molecule has 2 rings (SSSR count). The van der Waals surface area contributed by atoms with Crippen molar-refractivity contribution < 1.29 is 4.79 Å². The maximum atomic E-state index is 11.9. The van der Waals surface area contributed by atoms with Gasteiger partial charge in [-0.25, -0.2) is 0 Å². The Kier molecular flexibility index (Phi) is 4.99. The molecule has 2 aromatic carbocycles. The minimum absolute atomic E-state index is 0.224. The Morgan fingerprint density at radius 3 is 2.67 bits per heavy atom. The molecule has 0 bridgehead atoms. The second kappa shape index (κ2) is 7.14. The number of carbonyl (C=O) groups is 1. The average molecular weight is 295 g/mol. The zero-order valence-corrected chi connectivity index (χ0v) is 11.8. The highest BCUT2D eigenvalue weighted by atomic mass is 35.5. The molecule has 0 atom stereocenters. The molecule has 0 aliphatic heterocycles. The normalized spacial score (nSPS) is 9.14. The number of amides is 1. The lowest BCUT2D eigenvalue weighted by atomic mass is 10.1. The van der Waals surface area contributed by atoms with Crippen molar-refractivity contribution >= 4 is 17.5 Å². The first-order valence-electron chi connectivity index (χ1n) is 6.22. The average Bonchev–Trinajstić information content (AvgIpc) is 2.51. The van der Waals surface area contributed by atoms with E-state index >= 15 is 0 Å². The van der Waals surface area contributed by atoms with Gasteiger partial charge in [-0.15, -0.1) is 0 Å². The number of rotatable bonds is 2. The highest BCUT2D eigenvalue weighted by molar-refractivity contribution is 6.30. The van der Waals surface area contributed by atoms with Crippen LogP contribution < -0.4 is 5.32 Å². The second-order valence-corrected chi connectivity index (χ2v) is 4.62. The van der Waals surface area contributed by atoms with Crippen molar-refractivity contribution in [2.45, 2.75) is 0 Å². The van der Waals surface area contributed by atoms with E-state index in [0.717, 1.165) is 5.56 Å². The minimum Gasteiger partial charge on any atom is -0.341 e. The molecule has 102 valence electrons. The van der Waals surface area contributed by atoms with Gasteiger partial charge in [0.25, 0.3) is 5.91 Å². The molecule has 2 aromatic rings. The molecular weight excluding hydrogens is 284 g/mol. The molecule has 3 nitrogen and oxygen atoms in total. The Balaban J connectivity index is 1.95. The van der Waals surface area contributed by atoms with Gasteiger partial charge in [0.1, 0.15) is 0 Å². The van der Waals surface area contributed by atoms with Crippen LogP contribution in [0, 0.1) is 23.2 Å². The molecular formula is C17H11ClN2O. The number of halogens is 1. The van der Waals surface area contributed by atoms with Crippen LogP contribution >= 0.6 is 11.6 Å². The number of hydrogen-bond donors (Lipinski definition) is 1. The van der Waals surface area contributed by atoms with Crippen LogP contribution in [0.2, 0.25) is 5.02 Å². The molecule has 0 radical (unpaired) electrons. The highest BCUT2D eigenvalue weighted by Gasteiger charge is 2.04. The van der Waals surface area contributed by atoms with E-state index in [2.05, 4.69) is 17.2 Å². The molecule has 0 unspecified atom stereocenters. The van der Waals surface area contributed by atoms with E-state index in [1.807, 2.05) is 18.2 Å². The Labute approximate surface area is 128 Å². The standard InChI is InChI=1S/C17H11ClN2O/c18-16-8-2-4-13(11-16)6-3-9-20-17(21)15-7-1-5-14(10-15)12-19/h1-2,4-5,7-8,10-11H,9H2,(H,20,21). The van der Waals surface area contributed by atoms with E-state index in [1.165, 1.54) is 0 Å². The first kappa shape index (κ1) is 14.7. The SMILES string of the molecule is N#Cc1cccc(C(=O)NCC#Cc2cccc(Cl)c2)c1. The molecule has 0 spiro atoms. The number of benzene rings is 2. The lowest BCUT2D eigenvalue weighted by Crippen LogP contribution is -2.23. The van der Waals surface area contributed by atoms with E-state index in [1.54, 1.807) is 36.4 Å². The molecule has 4 heteroatoms. The van der Waals surface area contributed by atoms with E-state index in [9.17, 15) is 4.79 Å². The summed E-state index contributed by atoms with van der Waals surface area (Å²) in [4.78, 5) is 11.9. The van der Waals surface area contributed by atoms with Crippen molar-refractivity contribution in [3.05, 3.63) is 70.2 Å². The van der Waals surface area contributed by atoms with Crippen LogP contribution in [0.4, 0.5) is 0 Å². The fourth-order valence-corrected chi connectivity index (χ4v) is 1.86. The van der Waals surface area contributed by atoms with E-state index in [-0.39, 0.29) is 12.5 Å². The lowest BCUT2D eigenvalue weighted by molar-refractivity contribution is 0.0958. The van der Waals surface area contributed by atoms with Crippen molar-refractivity contribution in [3.63, 3.8) is 0 Å². The fourth-order valence-electron chi connectivity index (χ4n) is 1.67. The molecule has 0 fully saturated rings. The van der Waals surface area contributed by atoms with Crippen LogP contribution in [-0.4, -0.2) is 12.5 Å². The van der Waals surface area contributed by atoms with Gasteiger partial charge in [-0.3, -0.25) is 4.79 Å². The van der Waals surface area contributed by atoms with E-state index in [4.69, 9.17) is 16.9 Å². The van der Waals surface area contributed by atoms with Gasteiger partial charge in [0.05, 0.1) is 18.2 Å². The zero-order valence-electron chi connectivity index (χ0n) is 11.1. The summed E-state index contributed by atoms with van der Waals surface area (Å²) in [7, 11) is 0. The summed E-state index contributed by atoms with van der Waals surface area (Å²) < 4.78 is 0. The Morgan fingerprint density at radius 1 is 1.14 bits per heavy atom. The summed E-state index contributed by atoms with van der Waals surface area (Å²) in [5.74, 6) is 5.51. The third kappa shape index (κ3) is 4.38. The third-order valence-corrected chi connectivity index (χ3v) is 2.88. The summed E-state index contributed by atoms with van der Waals surface area (Å²) in [6, 6.07) is 15.7. The predicted molar refractivity (Wildman–Crippen MR) is 81.8 cm³/mol. The van der Waals surface area contributed by atoms with Gasteiger partial charge in [-0.2, -0.15) is 5.26 Å². The van der Waals surface area contributed by atoms with Gasteiger partial charge in [0.15, 0.2) is 0 Å². The van der Waals surface area contributed by atoms with Crippen LogP contribution in [0.25, 0.3) is 0 Å². The molecule has 0 heterocycles. The Morgan fingerprint density at radius 2 is 1.90 bits per heavy atom. The predicted octanol–water partition coefficient (Wildman–Crippen LogP) is 2.99. The highest BCUT2D eigenvalue weighted by Crippen LogP contribution is 2.09. The molecule has 0 saturated carbocycles. The molecule has 1 N–H and O–H groups in total. The first-order chi connectivity index (χ1) is 10.2. The summed E-state index contributed by atoms with van der Waals surface area (Å²) in [6.45, 7) is 0.224. The summed E-state index contributed by atoms with van der Waals surface area (Å²) in [5.41, 5.74) is 1.69. The lowest BCUT2D eigenvalue weighted by Gasteiger charge is -2.01. The van der Waals surface area contributed by atoms with Crippen molar-refractivity contribution in [3.8, 4) is 17.9 Å². The maximum Gasteiger partial charge on any atom is 0.252 e.